The van der Waals surface area contributed by atoms with E-state index in [-0.39, 0.29) is 6.29 Å². The van der Waals surface area contributed by atoms with Crippen molar-refractivity contribution in [1.29, 1.82) is 0 Å². The minimum absolute atomic E-state index is 0.0809. The lowest BCUT2D eigenvalue weighted by atomic mass is 9.98. The van der Waals surface area contributed by atoms with E-state index in [0.717, 1.165) is 0 Å². The highest BCUT2D eigenvalue weighted by Crippen LogP contribution is 2.17. The molecule has 11 N–H and O–H groups in total. The van der Waals surface area contributed by atoms with Gasteiger partial charge in [0.1, 0.15) is 36.6 Å². The highest BCUT2D eigenvalue weighted by Gasteiger charge is 2.41. The van der Waals surface area contributed by atoms with E-state index < -0.39 is 67.6 Å². The van der Waals surface area contributed by atoms with Crippen LogP contribution in [0.15, 0.2) is 0 Å². The van der Waals surface area contributed by atoms with Crippen LogP contribution >= 0.6 is 0 Å². The summed E-state index contributed by atoms with van der Waals surface area (Å²) in [7, 11) is 0. The fraction of sp³-hybridized carbons (Fsp3) is 0.833. The van der Waals surface area contributed by atoms with Crippen LogP contribution in [0.4, 0.5) is 0 Å². The zero-order valence-electron chi connectivity index (χ0n) is 12.8. The lowest BCUT2D eigenvalue weighted by molar-refractivity contribution is -0.248. The van der Waals surface area contributed by atoms with Crippen molar-refractivity contribution in [3.63, 3.8) is 0 Å². The molecule has 13 nitrogen and oxygen atoms in total. The molecule has 0 radical (unpaired) electrons. The zero-order valence-corrected chi connectivity index (χ0v) is 12.8. The zero-order chi connectivity index (χ0) is 19.9. The van der Waals surface area contributed by atoms with Crippen LogP contribution in [0, 0.1) is 0 Å². The SMILES string of the molecule is N[C@@H]1[C@@H](O)[C@H](O)[C@@H](CO)O[C@H]1O.O=C[C@H](O)[C@@H](O)[C@H](O)[C@H](O)C(=O)O. The van der Waals surface area contributed by atoms with Crippen molar-refractivity contribution in [1.82, 2.24) is 0 Å². The van der Waals surface area contributed by atoms with Gasteiger partial charge in [0.25, 0.3) is 0 Å². The van der Waals surface area contributed by atoms with Gasteiger partial charge >= 0.3 is 5.97 Å². The Labute approximate surface area is 141 Å². The van der Waals surface area contributed by atoms with Crippen LogP contribution in [0.5, 0.6) is 0 Å². The van der Waals surface area contributed by atoms with E-state index >= 15 is 0 Å². The van der Waals surface area contributed by atoms with Gasteiger partial charge in [-0.15, -0.1) is 0 Å². The molecule has 1 fully saturated rings. The predicted molar refractivity (Wildman–Crippen MR) is 75.7 cm³/mol. The van der Waals surface area contributed by atoms with Crippen LogP contribution in [0.3, 0.4) is 0 Å². The number of hydrogen-bond acceptors (Lipinski definition) is 12. The first kappa shape index (κ1) is 23.7. The Morgan fingerprint density at radius 1 is 1.08 bits per heavy atom. The Balaban J connectivity index is 0.000000462. The van der Waals surface area contributed by atoms with Crippen LogP contribution in [-0.2, 0) is 14.3 Å². The number of aliphatic hydroxyl groups excluding tert-OH is 8. The lowest BCUT2D eigenvalue weighted by Gasteiger charge is -2.38. The third-order valence-corrected chi connectivity index (χ3v) is 3.36. The summed E-state index contributed by atoms with van der Waals surface area (Å²) in [6.45, 7) is -0.470. The number of carboxylic acid groups (broad SMARTS) is 1. The summed E-state index contributed by atoms with van der Waals surface area (Å²) in [6.07, 6.45) is -13.2. The predicted octanol–water partition coefficient (Wildman–Crippen LogP) is -6.54. The molecule has 1 aliphatic rings. The molecular formula is C12H23NO12. The van der Waals surface area contributed by atoms with Crippen molar-refractivity contribution in [3.05, 3.63) is 0 Å². The van der Waals surface area contributed by atoms with E-state index in [0.29, 0.717) is 0 Å². The largest absolute Gasteiger partial charge is 0.479 e. The van der Waals surface area contributed by atoms with E-state index in [4.69, 9.17) is 46.2 Å². The minimum atomic E-state index is -2.25. The van der Waals surface area contributed by atoms with Gasteiger partial charge in [-0.05, 0) is 0 Å². The fourth-order valence-corrected chi connectivity index (χ4v) is 1.73. The Morgan fingerprint density at radius 3 is 2.00 bits per heavy atom. The number of aldehydes is 1. The molecule has 0 aromatic heterocycles. The summed E-state index contributed by atoms with van der Waals surface area (Å²) in [4.78, 5) is 20.0. The Bertz CT molecular complexity index is 418. The molecule has 25 heavy (non-hydrogen) atoms. The highest BCUT2D eigenvalue weighted by atomic mass is 16.6. The number of carboxylic acids is 1. The van der Waals surface area contributed by atoms with Crippen molar-refractivity contribution < 1.29 is 60.3 Å². The number of nitrogens with two attached hydrogens (primary N) is 1. The molecule has 148 valence electrons. The summed E-state index contributed by atoms with van der Waals surface area (Å²) in [5, 5.41) is 79.3. The van der Waals surface area contributed by atoms with Gasteiger partial charge in [-0.1, -0.05) is 0 Å². The topological polar surface area (TPSA) is 251 Å². The molecular weight excluding hydrogens is 350 g/mol. The second-order valence-corrected chi connectivity index (χ2v) is 5.20. The van der Waals surface area contributed by atoms with Crippen molar-refractivity contribution >= 4 is 12.3 Å². The summed E-state index contributed by atoms with van der Waals surface area (Å²) >= 11 is 0. The van der Waals surface area contributed by atoms with Gasteiger partial charge in [0.15, 0.2) is 18.7 Å². The van der Waals surface area contributed by atoms with Crippen LogP contribution in [0.2, 0.25) is 0 Å². The molecule has 1 heterocycles. The molecule has 0 unspecified atom stereocenters. The molecule has 9 atom stereocenters. The smallest absolute Gasteiger partial charge is 0.335 e. The first-order valence-corrected chi connectivity index (χ1v) is 6.96. The van der Waals surface area contributed by atoms with Gasteiger partial charge < -0.3 is 61.2 Å². The fourth-order valence-electron chi connectivity index (χ4n) is 1.73. The maximum atomic E-state index is 10.1. The molecule has 0 aromatic rings. The molecule has 1 rings (SSSR count). The third kappa shape index (κ3) is 6.52. The standard InChI is InChI=1S/C6H13NO5.C6H10O7/c7-3-5(10)4(9)2(1-8)12-6(3)11;7-1-2(8)3(9)4(10)5(11)6(12)13/h2-6,8-11H,1,7H2;1-5,8-11H,(H,12,13)/t2-,3-,4-,5-,6-;2-,3+,4-,5-/m10/s1. The van der Waals surface area contributed by atoms with Gasteiger partial charge in [0.2, 0.25) is 0 Å². The average molecular weight is 373 g/mol. The van der Waals surface area contributed by atoms with Crippen molar-refractivity contribution in [2.75, 3.05) is 6.61 Å². The quantitative estimate of drug-likeness (QED) is 0.195. The van der Waals surface area contributed by atoms with Gasteiger partial charge in [-0.25, -0.2) is 4.79 Å². The number of rotatable bonds is 6. The van der Waals surface area contributed by atoms with E-state index in [1.54, 1.807) is 0 Å². The number of ether oxygens (including phenoxy) is 1. The summed E-state index contributed by atoms with van der Waals surface area (Å²) in [6, 6.07) is -1.04. The average Bonchev–Trinajstić information content (AvgIpc) is 2.60. The molecule has 1 aliphatic heterocycles. The number of carbonyl (C=O) groups excluding carboxylic acids is 1. The molecule has 0 bridgehead atoms. The van der Waals surface area contributed by atoms with Gasteiger partial charge in [-0.3, -0.25) is 0 Å². The second-order valence-electron chi connectivity index (χ2n) is 5.20. The van der Waals surface area contributed by atoms with Crippen LogP contribution in [-0.4, -0.2) is 120 Å². The molecule has 1 saturated heterocycles. The van der Waals surface area contributed by atoms with Crippen molar-refractivity contribution in [2.24, 2.45) is 5.73 Å². The van der Waals surface area contributed by atoms with E-state index in [9.17, 15) is 19.8 Å². The maximum Gasteiger partial charge on any atom is 0.335 e. The summed E-state index contributed by atoms with van der Waals surface area (Å²) < 4.78 is 4.70. The molecule has 0 spiro atoms. The summed E-state index contributed by atoms with van der Waals surface area (Å²) in [5.74, 6) is -1.76. The normalized spacial score (nSPS) is 34.0. The first-order chi connectivity index (χ1) is 11.5. The second kappa shape index (κ2) is 10.7. The molecule has 13 heteroatoms. The van der Waals surface area contributed by atoms with Gasteiger partial charge in [0.05, 0.1) is 12.6 Å². The van der Waals surface area contributed by atoms with Gasteiger partial charge in [-0.2, -0.15) is 0 Å². The number of aliphatic carboxylic acids is 1. The van der Waals surface area contributed by atoms with E-state index in [2.05, 4.69) is 0 Å². The number of carbonyl (C=O) groups is 2. The van der Waals surface area contributed by atoms with Crippen LogP contribution in [0.25, 0.3) is 0 Å². The van der Waals surface area contributed by atoms with Crippen molar-refractivity contribution in [3.8, 4) is 0 Å². The Kier molecular flexibility index (Phi) is 10.1. The van der Waals surface area contributed by atoms with E-state index in [1.807, 2.05) is 0 Å². The molecule has 0 aliphatic carbocycles. The minimum Gasteiger partial charge on any atom is -0.479 e. The first-order valence-electron chi connectivity index (χ1n) is 6.96. The monoisotopic (exact) mass is 373 g/mol. The van der Waals surface area contributed by atoms with Crippen molar-refractivity contribution in [2.45, 2.75) is 55.1 Å². The third-order valence-electron chi connectivity index (χ3n) is 3.36. The lowest BCUT2D eigenvalue weighted by Crippen LogP contribution is -2.61. The van der Waals surface area contributed by atoms with Gasteiger partial charge in [0, 0.05) is 0 Å². The number of aliphatic hydroxyl groups is 8. The van der Waals surface area contributed by atoms with Crippen LogP contribution in [0.1, 0.15) is 0 Å². The molecule has 0 aromatic carbocycles. The molecule has 0 amide bonds. The molecule has 0 saturated carbocycles. The Morgan fingerprint density at radius 2 is 1.60 bits per heavy atom. The maximum absolute atomic E-state index is 10.1. The van der Waals surface area contributed by atoms with E-state index in [1.165, 1.54) is 0 Å². The number of hydrogen-bond donors (Lipinski definition) is 10. The van der Waals surface area contributed by atoms with Crippen LogP contribution < -0.4 is 5.73 Å². The Hall–Kier alpha value is -1.26. The highest BCUT2D eigenvalue weighted by molar-refractivity contribution is 5.73. The summed E-state index contributed by atoms with van der Waals surface area (Å²) in [5.41, 5.74) is 5.26.